The Morgan fingerprint density at radius 3 is 2.66 bits per heavy atom. The Labute approximate surface area is 172 Å². The summed E-state index contributed by atoms with van der Waals surface area (Å²) in [6.45, 7) is 7.44. The van der Waals surface area contributed by atoms with E-state index in [0.717, 1.165) is 63.0 Å². The van der Waals surface area contributed by atoms with Crippen LogP contribution in [-0.4, -0.2) is 46.2 Å². The van der Waals surface area contributed by atoms with Crippen molar-refractivity contribution in [3.05, 3.63) is 71.5 Å². The summed E-state index contributed by atoms with van der Waals surface area (Å²) >= 11 is 0. The van der Waals surface area contributed by atoms with Gasteiger partial charge >= 0.3 is 0 Å². The first kappa shape index (κ1) is 19.5. The molecular weight excluding hydrogens is 362 g/mol. The van der Waals surface area contributed by atoms with Crippen molar-refractivity contribution in [1.82, 2.24) is 19.9 Å². The van der Waals surface area contributed by atoms with Gasteiger partial charge < -0.3 is 10.1 Å². The molecule has 1 N–H and O–H groups in total. The zero-order valence-corrected chi connectivity index (χ0v) is 16.8. The highest BCUT2D eigenvalue weighted by atomic mass is 16.5. The van der Waals surface area contributed by atoms with E-state index in [-0.39, 0.29) is 0 Å². The molecule has 29 heavy (non-hydrogen) atoms. The normalized spacial score (nSPS) is 14.7. The molecule has 0 unspecified atom stereocenters. The van der Waals surface area contributed by atoms with E-state index >= 15 is 0 Å². The lowest BCUT2D eigenvalue weighted by molar-refractivity contribution is 0.0342. The van der Waals surface area contributed by atoms with Gasteiger partial charge in [-0.25, -0.2) is 9.97 Å². The predicted octanol–water partition coefficient (Wildman–Crippen LogP) is 3.55. The highest BCUT2D eigenvalue weighted by Crippen LogP contribution is 2.17. The Morgan fingerprint density at radius 2 is 1.86 bits per heavy atom. The number of pyridine rings is 1. The predicted molar refractivity (Wildman–Crippen MR) is 115 cm³/mol. The summed E-state index contributed by atoms with van der Waals surface area (Å²) in [4.78, 5) is 16.1. The number of rotatable bonds is 7. The van der Waals surface area contributed by atoms with Crippen LogP contribution in [0.5, 0.6) is 0 Å². The van der Waals surface area contributed by atoms with Crippen LogP contribution < -0.4 is 5.32 Å². The Bertz CT molecular complexity index is 926. The summed E-state index contributed by atoms with van der Waals surface area (Å²) in [6.07, 6.45) is 2.62. The molecule has 1 saturated heterocycles. The van der Waals surface area contributed by atoms with Crippen molar-refractivity contribution in [1.29, 1.82) is 0 Å². The van der Waals surface area contributed by atoms with E-state index in [1.54, 1.807) is 6.20 Å². The molecule has 0 atom stereocenters. The minimum atomic E-state index is 0.661. The number of nitrogens with zero attached hydrogens (tertiary/aromatic N) is 4. The van der Waals surface area contributed by atoms with E-state index < -0.39 is 0 Å². The number of ether oxygens (including phenoxy) is 1. The summed E-state index contributed by atoms with van der Waals surface area (Å²) in [5.41, 5.74) is 4.37. The fraction of sp³-hybridized carbons (Fsp3) is 0.348. The fourth-order valence-electron chi connectivity index (χ4n) is 3.43. The molecule has 4 rings (SSSR count). The van der Waals surface area contributed by atoms with Crippen LogP contribution in [0.2, 0.25) is 0 Å². The van der Waals surface area contributed by atoms with Crippen LogP contribution in [-0.2, 0) is 24.2 Å². The lowest BCUT2D eigenvalue weighted by atomic mass is 10.1. The Morgan fingerprint density at radius 1 is 1.00 bits per heavy atom. The first-order valence-corrected chi connectivity index (χ1v) is 10.2. The van der Waals surface area contributed by atoms with Gasteiger partial charge in [0.05, 0.1) is 13.2 Å². The third-order valence-corrected chi connectivity index (χ3v) is 5.01. The summed E-state index contributed by atoms with van der Waals surface area (Å²) in [7, 11) is 0. The van der Waals surface area contributed by atoms with Crippen molar-refractivity contribution in [2.75, 3.05) is 31.6 Å². The number of anilines is 1. The zero-order chi connectivity index (χ0) is 19.9. The van der Waals surface area contributed by atoms with Gasteiger partial charge in [-0.2, -0.15) is 0 Å². The molecule has 3 heterocycles. The molecule has 6 nitrogen and oxygen atoms in total. The van der Waals surface area contributed by atoms with Gasteiger partial charge in [-0.15, -0.1) is 0 Å². The number of aromatic nitrogens is 3. The van der Waals surface area contributed by atoms with E-state index in [1.165, 1.54) is 11.1 Å². The molecule has 6 heteroatoms. The maximum atomic E-state index is 5.44. The average molecular weight is 390 g/mol. The Balaban J connectivity index is 1.45. The number of benzene rings is 1. The number of hydrogen-bond donors (Lipinski definition) is 1. The van der Waals surface area contributed by atoms with Gasteiger partial charge in [0.15, 0.2) is 5.82 Å². The van der Waals surface area contributed by atoms with Crippen LogP contribution in [0, 0.1) is 0 Å². The monoisotopic (exact) mass is 389 g/mol. The van der Waals surface area contributed by atoms with Gasteiger partial charge in [0, 0.05) is 44.1 Å². The summed E-state index contributed by atoms with van der Waals surface area (Å²) < 4.78 is 5.44. The van der Waals surface area contributed by atoms with Gasteiger partial charge in [0.2, 0.25) is 0 Å². The molecule has 0 bridgehead atoms. The quantitative estimate of drug-likeness (QED) is 0.667. The summed E-state index contributed by atoms with van der Waals surface area (Å²) in [5, 5.41) is 3.46. The van der Waals surface area contributed by atoms with E-state index in [0.29, 0.717) is 5.82 Å². The lowest BCUT2D eigenvalue weighted by Gasteiger charge is -2.26. The fourth-order valence-corrected chi connectivity index (χ4v) is 3.43. The number of nitrogens with one attached hydrogen (secondary N) is 1. The van der Waals surface area contributed by atoms with E-state index in [2.05, 4.69) is 56.4 Å². The average Bonchev–Trinajstić information content (AvgIpc) is 2.79. The first-order valence-electron chi connectivity index (χ1n) is 10.2. The molecule has 1 aliphatic heterocycles. The maximum absolute atomic E-state index is 5.44. The first-order chi connectivity index (χ1) is 14.3. The van der Waals surface area contributed by atoms with Gasteiger partial charge in [0.25, 0.3) is 0 Å². The van der Waals surface area contributed by atoms with Crippen LogP contribution in [0.3, 0.4) is 0 Å². The lowest BCUT2D eigenvalue weighted by Crippen LogP contribution is -2.35. The number of hydrogen-bond acceptors (Lipinski definition) is 6. The number of morpholine rings is 1. The second kappa shape index (κ2) is 9.58. The van der Waals surface area contributed by atoms with Crippen molar-refractivity contribution in [3.63, 3.8) is 0 Å². The third-order valence-electron chi connectivity index (χ3n) is 5.01. The van der Waals surface area contributed by atoms with Gasteiger partial charge in [-0.05, 0) is 29.7 Å². The molecule has 1 aliphatic rings. The van der Waals surface area contributed by atoms with Crippen LogP contribution in [0.25, 0.3) is 11.5 Å². The molecule has 3 aromatic rings. The molecule has 0 amide bonds. The van der Waals surface area contributed by atoms with E-state index in [1.807, 2.05) is 24.3 Å². The van der Waals surface area contributed by atoms with Crippen LogP contribution in [0.1, 0.15) is 23.7 Å². The largest absolute Gasteiger partial charge is 0.379 e. The molecule has 0 saturated carbocycles. The van der Waals surface area contributed by atoms with E-state index in [9.17, 15) is 0 Å². The number of aryl methyl sites for hydroxylation is 1. The Kier molecular flexibility index (Phi) is 6.44. The second-order valence-corrected chi connectivity index (χ2v) is 7.20. The third kappa shape index (κ3) is 5.37. The second-order valence-electron chi connectivity index (χ2n) is 7.20. The zero-order valence-electron chi connectivity index (χ0n) is 16.8. The molecule has 1 aromatic carbocycles. The van der Waals surface area contributed by atoms with Crippen molar-refractivity contribution in [2.24, 2.45) is 0 Å². The molecule has 150 valence electrons. The van der Waals surface area contributed by atoms with Crippen molar-refractivity contribution < 1.29 is 4.74 Å². The highest BCUT2D eigenvalue weighted by Gasteiger charge is 2.11. The minimum absolute atomic E-state index is 0.661. The van der Waals surface area contributed by atoms with Crippen LogP contribution >= 0.6 is 0 Å². The Hall–Kier alpha value is -2.83. The molecule has 0 aliphatic carbocycles. The van der Waals surface area contributed by atoms with Crippen molar-refractivity contribution in [2.45, 2.75) is 26.4 Å². The van der Waals surface area contributed by atoms with Crippen LogP contribution in [0.4, 0.5) is 5.82 Å². The van der Waals surface area contributed by atoms with Crippen LogP contribution in [0.15, 0.2) is 54.7 Å². The molecule has 0 spiro atoms. The van der Waals surface area contributed by atoms with E-state index in [4.69, 9.17) is 4.74 Å². The highest BCUT2D eigenvalue weighted by molar-refractivity contribution is 5.53. The minimum Gasteiger partial charge on any atom is -0.379 e. The van der Waals surface area contributed by atoms with Gasteiger partial charge in [-0.1, -0.05) is 37.3 Å². The topological polar surface area (TPSA) is 63.2 Å². The van der Waals surface area contributed by atoms with Gasteiger partial charge in [0.1, 0.15) is 11.5 Å². The molecular formula is C23H27N5O. The van der Waals surface area contributed by atoms with Gasteiger partial charge in [-0.3, -0.25) is 9.88 Å². The molecule has 1 fully saturated rings. The standard InChI is InChI=1S/C23H27N5O/c1-2-20-15-22(27-23(26-20)21-8-3-4-9-24-21)25-16-18-6-5-7-19(14-18)17-28-10-12-29-13-11-28/h3-9,14-15H,2,10-13,16-17H2,1H3,(H,25,26,27). The molecule has 0 radical (unpaired) electrons. The maximum Gasteiger partial charge on any atom is 0.180 e. The molecule has 2 aromatic heterocycles. The van der Waals surface area contributed by atoms with Crippen molar-refractivity contribution >= 4 is 5.82 Å². The van der Waals surface area contributed by atoms with Crippen molar-refractivity contribution in [3.8, 4) is 11.5 Å². The SMILES string of the molecule is CCc1cc(NCc2cccc(CN3CCOCC3)c2)nc(-c2ccccn2)n1. The summed E-state index contributed by atoms with van der Waals surface area (Å²) in [5.74, 6) is 1.49. The summed E-state index contributed by atoms with van der Waals surface area (Å²) in [6, 6.07) is 16.5. The smallest absolute Gasteiger partial charge is 0.180 e.